The molecule has 234 valence electrons. The van der Waals surface area contributed by atoms with Gasteiger partial charge in [-0.3, -0.25) is 14.5 Å². The normalized spacial score (nSPS) is 21.1. The summed E-state index contributed by atoms with van der Waals surface area (Å²) in [5, 5.41) is 11.7. The Labute approximate surface area is 266 Å². The van der Waals surface area contributed by atoms with Gasteiger partial charge in [-0.1, -0.05) is 73.7 Å². The second kappa shape index (κ2) is 12.9. The van der Waals surface area contributed by atoms with Crippen LogP contribution in [0.1, 0.15) is 41.3 Å². The molecular formula is C37H42N2O5Si. The van der Waals surface area contributed by atoms with Crippen molar-refractivity contribution >= 4 is 42.3 Å². The van der Waals surface area contributed by atoms with E-state index in [2.05, 4.69) is 19.1 Å². The average Bonchev–Trinajstić information content (AvgIpc) is 3.50. The molecule has 1 saturated heterocycles. The molecule has 45 heavy (non-hydrogen) atoms. The van der Waals surface area contributed by atoms with Gasteiger partial charge in [0.1, 0.15) is 0 Å². The molecule has 1 fully saturated rings. The van der Waals surface area contributed by atoms with Crippen molar-refractivity contribution in [1.82, 2.24) is 4.90 Å². The number of ether oxygens (including phenoxy) is 1. The number of aryl methyl sites for hydroxylation is 1. The van der Waals surface area contributed by atoms with Crippen molar-refractivity contribution in [3.05, 3.63) is 108 Å². The van der Waals surface area contributed by atoms with Crippen LogP contribution in [-0.2, 0) is 22.5 Å². The molecule has 0 aromatic heterocycles. The zero-order chi connectivity index (χ0) is 31.7. The maximum Gasteiger partial charge on any atom is 0.263 e. The van der Waals surface area contributed by atoms with E-state index in [9.17, 15) is 19.5 Å². The standard InChI is InChI=1S/C37H42N2O5Si/c1-25-32(44-33(36(25)45(2,3)43)23-34(41)38(20-21-40)24-27-10-5-4-6-11-27)19-18-26-12-7-15-29(22-26)39-31-17-9-14-28-13-8-16-30(35(28)31)37(39)42/h4-17,22,25,32-33,36,40,43H,18-21,23-24H2,1-3H3/t25-,32+,33-,36+/m1/s1. The van der Waals surface area contributed by atoms with Crippen LogP contribution in [-0.4, -0.2) is 60.3 Å². The molecule has 2 heterocycles. The Morgan fingerprint density at radius 2 is 1.64 bits per heavy atom. The number of aliphatic hydroxyl groups is 1. The van der Waals surface area contributed by atoms with Crippen molar-refractivity contribution in [2.24, 2.45) is 5.92 Å². The fourth-order valence-corrected chi connectivity index (χ4v) is 10.1. The first kappa shape index (κ1) is 31.2. The molecule has 7 nitrogen and oxygen atoms in total. The number of aliphatic hydroxyl groups excluding tert-OH is 1. The molecular weight excluding hydrogens is 581 g/mol. The van der Waals surface area contributed by atoms with Gasteiger partial charge in [-0.15, -0.1) is 0 Å². The summed E-state index contributed by atoms with van der Waals surface area (Å²) in [7, 11) is -2.67. The lowest BCUT2D eigenvalue weighted by molar-refractivity contribution is -0.135. The first-order valence-corrected chi connectivity index (χ1v) is 18.9. The van der Waals surface area contributed by atoms with Crippen molar-refractivity contribution in [3.8, 4) is 0 Å². The molecule has 0 saturated carbocycles. The molecule has 0 radical (unpaired) electrons. The number of carbonyl (C=O) groups is 2. The van der Waals surface area contributed by atoms with E-state index in [4.69, 9.17) is 4.74 Å². The molecule has 2 amide bonds. The average molecular weight is 623 g/mol. The number of benzene rings is 4. The second-order valence-electron chi connectivity index (χ2n) is 13.0. The Morgan fingerprint density at radius 3 is 2.38 bits per heavy atom. The van der Waals surface area contributed by atoms with E-state index >= 15 is 0 Å². The van der Waals surface area contributed by atoms with Crippen LogP contribution >= 0.6 is 0 Å². The van der Waals surface area contributed by atoms with Crippen molar-refractivity contribution in [3.63, 3.8) is 0 Å². The SMILES string of the molecule is C[C@H]1[C@H]([Si](C)(C)O)[C@@H](CC(=O)N(CCO)Cc2ccccc2)O[C@H]1CCc1cccc(N2C(=O)c3cccc4cccc2c34)c1. The Hall–Kier alpha value is -3.82. The highest BCUT2D eigenvalue weighted by Crippen LogP contribution is 2.46. The summed E-state index contributed by atoms with van der Waals surface area (Å²) in [4.78, 5) is 41.8. The Bertz CT molecular complexity index is 1680. The second-order valence-corrected chi connectivity index (χ2v) is 17.0. The van der Waals surface area contributed by atoms with E-state index in [1.807, 2.05) is 92.0 Å². The summed E-state index contributed by atoms with van der Waals surface area (Å²) in [6.07, 6.45) is 1.17. The van der Waals surface area contributed by atoms with E-state index in [0.29, 0.717) is 6.54 Å². The quantitative estimate of drug-likeness (QED) is 0.188. The van der Waals surface area contributed by atoms with E-state index < -0.39 is 8.32 Å². The van der Waals surface area contributed by atoms with Crippen molar-refractivity contribution in [2.45, 2.75) is 63.6 Å². The molecule has 2 aliphatic heterocycles. The van der Waals surface area contributed by atoms with Gasteiger partial charge >= 0.3 is 0 Å². The van der Waals surface area contributed by atoms with Crippen LogP contribution in [0, 0.1) is 5.92 Å². The van der Waals surface area contributed by atoms with Crippen LogP contribution in [0.5, 0.6) is 0 Å². The highest BCUT2D eigenvalue weighted by atomic mass is 28.4. The Balaban J connectivity index is 1.16. The fraction of sp³-hybridized carbons (Fsp3) is 0.351. The summed E-state index contributed by atoms with van der Waals surface area (Å²) >= 11 is 0. The zero-order valence-electron chi connectivity index (χ0n) is 26.2. The fourth-order valence-electron chi connectivity index (χ4n) is 7.46. The molecule has 0 aliphatic carbocycles. The van der Waals surface area contributed by atoms with E-state index in [1.165, 1.54) is 0 Å². The molecule has 0 spiro atoms. The summed E-state index contributed by atoms with van der Waals surface area (Å²) in [5.41, 5.74) is 4.50. The molecule has 6 rings (SSSR count). The van der Waals surface area contributed by atoms with Crippen molar-refractivity contribution in [2.75, 3.05) is 18.1 Å². The first-order chi connectivity index (χ1) is 21.7. The van der Waals surface area contributed by atoms with Gasteiger partial charge in [-0.25, -0.2) is 0 Å². The maximum atomic E-state index is 13.5. The number of rotatable bonds is 11. The van der Waals surface area contributed by atoms with Gasteiger partial charge in [0, 0.05) is 29.7 Å². The molecule has 8 heteroatoms. The number of hydrogen-bond acceptors (Lipinski definition) is 5. The highest BCUT2D eigenvalue weighted by Gasteiger charge is 2.50. The smallest absolute Gasteiger partial charge is 0.263 e. The zero-order valence-corrected chi connectivity index (χ0v) is 27.2. The Kier molecular flexibility index (Phi) is 8.93. The summed E-state index contributed by atoms with van der Waals surface area (Å²) in [6.45, 7) is 6.56. The molecule has 2 aliphatic rings. The monoisotopic (exact) mass is 622 g/mol. The predicted octanol–water partition coefficient (Wildman–Crippen LogP) is 6.45. The summed E-state index contributed by atoms with van der Waals surface area (Å²) in [6, 6.07) is 29.8. The number of carbonyl (C=O) groups excluding carboxylic acids is 2. The number of anilines is 2. The molecule has 0 bridgehead atoms. The lowest BCUT2D eigenvalue weighted by Crippen LogP contribution is -2.42. The molecule has 4 atom stereocenters. The summed E-state index contributed by atoms with van der Waals surface area (Å²) < 4.78 is 6.61. The summed E-state index contributed by atoms with van der Waals surface area (Å²) in [5.74, 6) is -0.00184. The van der Waals surface area contributed by atoms with Gasteiger partial charge < -0.3 is 19.5 Å². The van der Waals surface area contributed by atoms with E-state index in [0.717, 1.165) is 51.7 Å². The topological polar surface area (TPSA) is 90.3 Å². The molecule has 4 aromatic rings. The van der Waals surface area contributed by atoms with Crippen LogP contribution < -0.4 is 4.90 Å². The third-order valence-electron chi connectivity index (χ3n) is 9.48. The van der Waals surface area contributed by atoms with Crippen LogP contribution in [0.25, 0.3) is 10.8 Å². The Morgan fingerprint density at radius 1 is 0.933 bits per heavy atom. The molecule has 0 unspecified atom stereocenters. The van der Waals surface area contributed by atoms with Gasteiger partial charge in [-0.05, 0) is 72.6 Å². The van der Waals surface area contributed by atoms with Crippen molar-refractivity contribution < 1.29 is 24.2 Å². The first-order valence-electron chi connectivity index (χ1n) is 15.9. The number of hydrogen-bond donors (Lipinski definition) is 2. The van der Waals surface area contributed by atoms with Crippen LogP contribution in [0.15, 0.2) is 91.0 Å². The lowest BCUT2D eigenvalue weighted by atomic mass is 9.95. The van der Waals surface area contributed by atoms with E-state index in [1.54, 1.807) is 9.80 Å². The maximum absolute atomic E-state index is 13.5. The number of amides is 2. The largest absolute Gasteiger partial charge is 0.432 e. The van der Waals surface area contributed by atoms with E-state index in [-0.39, 0.29) is 55.1 Å². The molecule has 4 aromatic carbocycles. The minimum atomic E-state index is -2.67. The van der Waals surface area contributed by atoms with Gasteiger partial charge in [0.25, 0.3) is 5.91 Å². The van der Waals surface area contributed by atoms with Gasteiger partial charge in [-0.2, -0.15) is 0 Å². The van der Waals surface area contributed by atoms with Gasteiger partial charge in [0.05, 0.1) is 36.5 Å². The van der Waals surface area contributed by atoms with Gasteiger partial charge in [0.2, 0.25) is 5.91 Å². The van der Waals surface area contributed by atoms with Gasteiger partial charge in [0.15, 0.2) is 8.32 Å². The lowest BCUT2D eigenvalue weighted by Gasteiger charge is -2.31. The minimum absolute atomic E-state index is 0.0142. The van der Waals surface area contributed by atoms with Crippen LogP contribution in [0.3, 0.4) is 0 Å². The third-order valence-corrected chi connectivity index (χ3v) is 12.0. The van der Waals surface area contributed by atoms with Crippen molar-refractivity contribution in [1.29, 1.82) is 0 Å². The highest BCUT2D eigenvalue weighted by molar-refractivity contribution is 6.71. The minimum Gasteiger partial charge on any atom is -0.432 e. The van der Waals surface area contributed by atoms with Crippen LogP contribution in [0.4, 0.5) is 11.4 Å². The number of nitrogens with zero attached hydrogens (tertiary/aromatic N) is 2. The third kappa shape index (κ3) is 6.33. The molecule has 2 N–H and O–H groups in total. The predicted molar refractivity (Wildman–Crippen MR) is 180 cm³/mol. The van der Waals surface area contributed by atoms with Crippen LogP contribution in [0.2, 0.25) is 18.6 Å².